The fraction of sp³-hybridized carbons (Fsp3) is 0.267. The van der Waals surface area contributed by atoms with Crippen LogP contribution in [0.15, 0.2) is 34.9 Å². The first-order valence-electron chi connectivity index (χ1n) is 6.99. The third-order valence-electron chi connectivity index (χ3n) is 3.43. The van der Waals surface area contributed by atoms with E-state index in [4.69, 9.17) is 4.42 Å². The van der Waals surface area contributed by atoms with Crippen molar-refractivity contribution in [1.29, 1.82) is 0 Å². The van der Waals surface area contributed by atoms with Crippen molar-refractivity contribution >= 4 is 17.6 Å². The second-order valence-corrected chi connectivity index (χ2v) is 5.14. The smallest absolute Gasteiger partial charge is 0.322 e. The van der Waals surface area contributed by atoms with E-state index in [9.17, 15) is 4.79 Å². The Balaban J connectivity index is 1.71. The number of hydrogen-bond acceptors (Lipinski definition) is 4. The Morgan fingerprint density at radius 1 is 1.32 bits per heavy atom. The van der Waals surface area contributed by atoms with Gasteiger partial charge in [0.2, 0.25) is 5.95 Å². The minimum absolute atomic E-state index is 0.170. The lowest BCUT2D eigenvalue weighted by molar-refractivity contribution is 0.249. The van der Waals surface area contributed by atoms with E-state index in [2.05, 4.69) is 20.8 Å². The van der Waals surface area contributed by atoms with Gasteiger partial charge in [0.05, 0.1) is 6.04 Å². The molecule has 0 aromatic carbocycles. The molecule has 0 saturated heterocycles. The molecule has 3 aromatic rings. The van der Waals surface area contributed by atoms with Gasteiger partial charge in [0, 0.05) is 11.8 Å². The number of carbonyl (C=O) groups is 1. The molecule has 1 atom stereocenters. The van der Waals surface area contributed by atoms with Crippen LogP contribution in [0.5, 0.6) is 0 Å². The summed E-state index contributed by atoms with van der Waals surface area (Å²) in [6.45, 7) is 5.66. The topological polar surface area (TPSA) is 84.5 Å². The summed E-state index contributed by atoms with van der Waals surface area (Å²) in [5, 5.41) is 13.5. The van der Waals surface area contributed by atoms with E-state index in [0.717, 1.165) is 17.1 Å². The van der Waals surface area contributed by atoms with Crippen LogP contribution in [0.1, 0.15) is 30.0 Å². The minimum Gasteiger partial charge on any atom is -0.466 e. The number of anilines is 1. The largest absolute Gasteiger partial charge is 0.466 e. The van der Waals surface area contributed by atoms with Crippen LogP contribution < -0.4 is 10.6 Å². The molecule has 0 aliphatic heterocycles. The van der Waals surface area contributed by atoms with E-state index < -0.39 is 0 Å². The SMILES string of the molecule is Cc1cc([C@@H](C)NC(=O)Nc2nnc3ccccn23)c(C)o1. The van der Waals surface area contributed by atoms with Crippen molar-refractivity contribution in [2.45, 2.75) is 26.8 Å². The summed E-state index contributed by atoms with van der Waals surface area (Å²) in [4.78, 5) is 12.1. The minimum atomic E-state index is -0.344. The average molecular weight is 299 g/mol. The molecule has 2 amide bonds. The molecule has 0 fully saturated rings. The van der Waals surface area contributed by atoms with Crippen LogP contribution in [0, 0.1) is 13.8 Å². The van der Waals surface area contributed by atoms with Crippen molar-refractivity contribution in [3.63, 3.8) is 0 Å². The highest BCUT2D eigenvalue weighted by molar-refractivity contribution is 5.88. The summed E-state index contributed by atoms with van der Waals surface area (Å²) >= 11 is 0. The van der Waals surface area contributed by atoms with E-state index in [0.29, 0.717) is 11.6 Å². The second-order valence-electron chi connectivity index (χ2n) is 5.14. The van der Waals surface area contributed by atoms with E-state index in [1.54, 1.807) is 10.6 Å². The standard InChI is InChI=1S/C15H17N5O2/c1-9-8-12(11(3)22-9)10(2)16-15(21)17-14-19-18-13-6-4-5-7-20(13)14/h4-8,10H,1-3H3,(H2,16,17,19,21)/t10-/m1/s1. The van der Waals surface area contributed by atoms with Gasteiger partial charge in [-0.2, -0.15) is 0 Å². The predicted molar refractivity (Wildman–Crippen MR) is 81.7 cm³/mol. The molecule has 0 spiro atoms. The number of nitrogens with one attached hydrogen (secondary N) is 2. The normalized spacial score (nSPS) is 12.3. The van der Waals surface area contributed by atoms with Crippen molar-refractivity contribution in [1.82, 2.24) is 19.9 Å². The van der Waals surface area contributed by atoms with Crippen LogP contribution in [-0.4, -0.2) is 20.6 Å². The Morgan fingerprint density at radius 3 is 2.86 bits per heavy atom. The molecule has 0 aliphatic carbocycles. The summed E-state index contributed by atoms with van der Waals surface area (Å²) in [6, 6.07) is 6.93. The highest BCUT2D eigenvalue weighted by Crippen LogP contribution is 2.21. The molecule has 0 aliphatic rings. The Morgan fingerprint density at radius 2 is 2.14 bits per heavy atom. The van der Waals surface area contributed by atoms with E-state index in [-0.39, 0.29) is 12.1 Å². The number of urea groups is 1. The number of aromatic nitrogens is 3. The number of nitrogens with zero attached hydrogens (tertiary/aromatic N) is 3. The van der Waals surface area contributed by atoms with E-state index >= 15 is 0 Å². The van der Waals surface area contributed by atoms with Crippen LogP contribution in [0.4, 0.5) is 10.7 Å². The van der Waals surface area contributed by atoms with Crippen LogP contribution in [0.2, 0.25) is 0 Å². The molecule has 7 nitrogen and oxygen atoms in total. The Labute approximate surface area is 127 Å². The maximum atomic E-state index is 12.1. The Bertz CT molecular complexity index is 820. The number of hydrogen-bond donors (Lipinski definition) is 2. The number of carbonyl (C=O) groups excluding carboxylic acids is 1. The molecule has 0 bridgehead atoms. The number of fused-ring (bicyclic) bond motifs is 1. The summed E-state index contributed by atoms with van der Waals surface area (Å²) in [7, 11) is 0. The molecule has 0 saturated carbocycles. The van der Waals surface area contributed by atoms with Crippen LogP contribution in [0.25, 0.3) is 5.65 Å². The van der Waals surface area contributed by atoms with Crippen LogP contribution >= 0.6 is 0 Å². The van der Waals surface area contributed by atoms with Crippen LogP contribution in [0.3, 0.4) is 0 Å². The lowest BCUT2D eigenvalue weighted by Gasteiger charge is -2.13. The van der Waals surface area contributed by atoms with Crippen molar-refractivity contribution < 1.29 is 9.21 Å². The highest BCUT2D eigenvalue weighted by atomic mass is 16.3. The van der Waals surface area contributed by atoms with Gasteiger partial charge in [-0.1, -0.05) is 6.07 Å². The Kier molecular flexibility index (Phi) is 3.54. The van der Waals surface area contributed by atoms with E-state index in [1.165, 1.54) is 0 Å². The number of furan rings is 1. The molecule has 7 heteroatoms. The summed E-state index contributed by atoms with van der Waals surface area (Å²) in [5.41, 5.74) is 1.63. The predicted octanol–water partition coefficient (Wildman–Crippen LogP) is 2.82. The number of pyridine rings is 1. The molecule has 3 heterocycles. The quantitative estimate of drug-likeness (QED) is 0.779. The first kappa shape index (κ1) is 14.1. The first-order chi connectivity index (χ1) is 10.5. The van der Waals surface area contributed by atoms with Crippen molar-refractivity contribution in [3.8, 4) is 0 Å². The third kappa shape index (κ3) is 2.65. The monoisotopic (exact) mass is 299 g/mol. The second kappa shape index (κ2) is 5.51. The molecule has 3 aromatic heterocycles. The fourth-order valence-electron chi connectivity index (χ4n) is 2.42. The molecular formula is C15H17N5O2. The van der Waals surface area contributed by atoms with Gasteiger partial charge >= 0.3 is 6.03 Å². The lowest BCUT2D eigenvalue weighted by Crippen LogP contribution is -2.31. The van der Waals surface area contributed by atoms with Gasteiger partial charge in [-0.05, 0) is 39.0 Å². The zero-order chi connectivity index (χ0) is 15.7. The average Bonchev–Trinajstić information content (AvgIpc) is 3.02. The molecule has 3 rings (SSSR count). The summed E-state index contributed by atoms with van der Waals surface area (Å²) in [5.74, 6) is 2.00. The van der Waals surface area contributed by atoms with Gasteiger partial charge in [0.15, 0.2) is 5.65 Å². The van der Waals surface area contributed by atoms with E-state index in [1.807, 2.05) is 45.0 Å². The Hall–Kier alpha value is -2.83. The summed E-state index contributed by atoms with van der Waals surface area (Å²) < 4.78 is 7.19. The van der Waals surface area contributed by atoms with Gasteiger partial charge in [-0.3, -0.25) is 9.72 Å². The third-order valence-corrected chi connectivity index (χ3v) is 3.43. The zero-order valence-corrected chi connectivity index (χ0v) is 12.6. The first-order valence-corrected chi connectivity index (χ1v) is 6.99. The van der Waals surface area contributed by atoms with Gasteiger partial charge < -0.3 is 9.73 Å². The van der Waals surface area contributed by atoms with Gasteiger partial charge in [-0.15, -0.1) is 10.2 Å². The zero-order valence-electron chi connectivity index (χ0n) is 12.6. The number of amides is 2. The fourth-order valence-corrected chi connectivity index (χ4v) is 2.42. The maximum absolute atomic E-state index is 12.1. The molecule has 2 N–H and O–H groups in total. The van der Waals surface area contributed by atoms with Gasteiger partial charge in [-0.25, -0.2) is 4.79 Å². The highest BCUT2D eigenvalue weighted by Gasteiger charge is 2.16. The summed E-state index contributed by atoms with van der Waals surface area (Å²) in [6.07, 6.45) is 1.79. The number of rotatable bonds is 3. The van der Waals surface area contributed by atoms with Gasteiger partial charge in [0.1, 0.15) is 11.5 Å². The van der Waals surface area contributed by atoms with Crippen molar-refractivity contribution in [2.24, 2.45) is 0 Å². The molecule has 0 unspecified atom stereocenters. The molecular weight excluding hydrogens is 282 g/mol. The maximum Gasteiger partial charge on any atom is 0.322 e. The van der Waals surface area contributed by atoms with Crippen molar-refractivity contribution in [2.75, 3.05) is 5.32 Å². The molecule has 0 radical (unpaired) electrons. The van der Waals surface area contributed by atoms with Crippen molar-refractivity contribution in [3.05, 3.63) is 47.5 Å². The van der Waals surface area contributed by atoms with Gasteiger partial charge in [0.25, 0.3) is 0 Å². The molecule has 114 valence electrons. The number of aryl methyl sites for hydroxylation is 2. The van der Waals surface area contributed by atoms with Crippen LogP contribution in [-0.2, 0) is 0 Å². The lowest BCUT2D eigenvalue weighted by atomic mass is 10.1. The molecule has 22 heavy (non-hydrogen) atoms.